The third-order valence-electron chi connectivity index (χ3n) is 3.69. The Morgan fingerprint density at radius 3 is 2.89 bits per heavy atom. The molecule has 0 unspecified atom stereocenters. The number of hydrogen-bond donors (Lipinski definition) is 1. The predicted molar refractivity (Wildman–Crippen MR) is 110 cm³/mol. The van der Waals surface area contributed by atoms with Crippen molar-refractivity contribution in [2.75, 3.05) is 12.4 Å². The molecule has 142 valence electrons. The lowest BCUT2D eigenvalue weighted by atomic mass is 10.1. The summed E-state index contributed by atoms with van der Waals surface area (Å²) in [5, 5.41) is 16.2. The number of methoxy groups -OCH3 is 1. The van der Waals surface area contributed by atoms with Crippen LogP contribution in [0.3, 0.4) is 0 Å². The molecule has 1 N–H and O–H groups in total. The Morgan fingerprint density at radius 1 is 1.32 bits per heavy atom. The number of ether oxygens (including phenoxy) is 1. The number of rotatable bonds is 6. The number of nitrogens with one attached hydrogen (secondary N) is 1. The molecule has 3 rings (SSSR count). The van der Waals surface area contributed by atoms with Crippen molar-refractivity contribution in [2.24, 2.45) is 0 Å². The molecule has 28 heavy (non-hydrogen) atoms. The van der Waals surface area contributed by atoms with Gasteiger partial charge in [0.1, 0.15) is 5.75 Å². The standard InChI is InChI=1S/C19H14ClN3O4S/c1-27-17-7-6-14(20)9-13(17)5-8-18(24)22-19-21-16(11-28-19)12-3-2-4-15(10-12)23(25)26/h2-11H,1H3,(H,21,22,24)/b8-5+. The number of hydrogen-bond acceptors (Lipinski definition) is 6. The number of non-ortho nitro benzene ring substituents is 1. The van der Waals surface area contributed by atoms with Gasteiger partial charge in [-0.15, -0.1) is 11.3 Å². The quantitative estimate of drug-likeness (QED) is 0.346. The third kappa shape index (κ3) is 4.73. The zero-order valence-corrected chi connectivity index (χ0v) is 16.2. The van der Waals surface area contributed by atoms with Crippen molar-refractivity contribution in [3.63, 3.8) is 0 Å². The maximum absolute atomic E-state index is 12.2. The zero-order valence-electron chi connectivity index (χ0n) is 14.6. The Kier molecular flexibility index (Phi) is 6.03. The van der Waals surface area contributed by atoms with Gasteiger partial charge in [0.2, 0.25) is 5.91 Å². The minimum absolute atomic E-state index is 0.0190. The highest BCUT2D eigenvalue weighted by molar-refractivity contribution is 7.14. The van der Waals surface area contributed by atoms with Gasteiger partial charge < -0.3 is 4.74 Å². The van der Waals surface area contributed by atoms with Crippen LogP contribution in [0, 0.1) is 10.1 Å². The summed E-state index contributed by atoms with van der Waals surface area (Å²) >= 11 is 7.20. The number of aromatic nitrogens is 1. The van der Waals surface area contributed by atoms with Gasteiger partial charge in [-0.2, -0.15) is 0 Å². The molecule has 0 aliphatic carbocycles. The number of nitro benzene ring substituents is 1. The second kappa shape index (κ2) is 8.64. The van der Waals surface area contributed by atoms with Crippen LogP contribution in [0.2, 0.25) is 5.02 Å². The Bertz CT molecular complexity index is 1060. The predicted octanol–water partition coefficient (Wildman–Crippen LogP) is 5.03. The molecule has 0 radical (unpaired) electrons. The Balaban J connectivity index is 1.72. The summed E-state index contributed by atoms with van der Waals surface area (Å²) < 4.78 is 5.23. The van der Waals surface area contributed by atoms with Crippen LogP contribution in [0.15, 0.2) is 53.9 Å². The molecule has 0 fully saturated rings. The Hall–Kier alpha value is -3.23. The van der Waals surface area contributed by atoms with Gasteiger partial charge >= 0.3 is 0 Å². The lowest BCUT2D eigenvalue weighted by Crippen LogP contribution is -2.07. The molecule has 1 heterocycles. The molecule has 9 heteroatoms. The lowest BCUT2D eigenvalue weighted by Gasteiger charge is -2.04. The summed E-state index contributed by atoms with van der Waals surface area (Å²) in [6.45, 7) is 0. The van der Waals surface area contributed by atoms with Gasteiger partial charge in [-0.25, -0.2) is 4.98 Å². The molecular weight excluding hydrogens is 402 g/mol. The molecule has 1 amide bonds. The van der Waals surface area contributed by atoms with Crippen molar-refractivity contribution in [1.29, 1.82) is 0 Å². The third-order valence-corrected chi connectivity index (χ3v) is 4.69. The zero-order chi connectivity index (χ0) is 20.1. The van der Waals surface area contributed by atoms with E-state index in [1.807, 2.05) is 0 Å². The molecule has 0 saturated heterocycles. The van der Waals surface area contributed by atoms with E-state index in [2.05, 4.69) is 10.3 Å². The monoisotopic (exact) mass is 415 g/mol. The first-order valence-electron chi connectivity index (χ1n) is 7.99. The first kappa shape index (κ1) is 19.5. The van der Waals surface area contributed by atoms with Crippen LogP contribution < -0.4 is 10.1 Å². The average Bonchev–Trinajstić information content (AvgIpc) is 3.15. The molecule has 0 aliphatic rings. The number of anilines is 1. The number of carbonyl (C=O) groups is 1. The van der Waals surface area contributed by atoms with E-state index in [4.69, 9.17) is 16.3 Å². The second-order valence-corrected chi connectivity index (χ2v) is 6.85. The summed E-state index contributed by atoms with van der Waals surface area (Å²) in [6.07, 6.45) is 2.94. The summed E-state index contributed by atoms with van der Waals surface area (Å²) in [7, 11) is 1.53. The van der Waals surface area contributed by atoms with E-state index in [0.717, 1.165) is 0 Å². The van der Waals surface area contributed by atoms with Crippen LogP contribution in [0.25, 0.3) is 17.3 Å². The molecule has 2 aromatic carbocycles. The number of carbonyl (C=O) groups excluding carboxylic acids is 1. The average molecular weight is 416 g/mol. The molecule has 7 nitrogen and oxygen atoms in total. The summed E-state index contributed by atoms with van der Waals surface area (Å²) in [6, 6.07) is 11.3. The van der Waals surface area contributed by atoms with Gasteiger partial charge in [0, 0.05) is 39.7 Å². The Morgan fingerprint density at radius 2 is 2.14 bits per heavy atom. The van der Waals surface area contributed by atoms with Gasteiger partial charge in [0.05, 0.1) is 17.7 Å². The fourth-order valence-electron chi connectivity index (χ4n) is 2.39. The van der Waals surface area contributed by atoms with E-state index in [-0.39, 0.29) is 11.6 Å². The number of nitro groups is 1. The number of halogens is 1. The second-order valence-electron chi connectivity index (χ2n) is 5.55. The van der Waals surface area contributed by atoms with Crippen LogP contribution in [0.1, 0.15) is 5.56 Å². The first-order valence-corrected chi connectivity index (χ1v) is 9.25. The van der Waals surface area contributed by atoms with Gasteiger partial charge in [0.25, 0.3) is 5.69 Å². The van der Waals surface area contributed by atoms with Crippen molar-refractivity contribution in [3.8, 4) is 17.0 Å². The molecule has 0 spiro atoms. The van der Waals surface area contributed by atoms with Gasteiger partial charge in [-0.3, -0.25) is 20.2 Å². The molecule has 1 aromatic heterocycles. The number of amides is 1. The van der Waals surface area contributed by atoms with Crippen molar-refractivity contribution < 1.29 is 14.5 Å². The largest absolute Gasteiger partial charge is 0.496 e. The first-order chi connectivity index (χ1) is 13.5. The molecular formula is C19H14ClN3O4S. The molecule has 3 aromatic rings. The normalized spacial score (nSPS) is 10.8. The summed E-state index contributed by atoms with van der Waals surface area (Å²) in [5.74, 6) is 0.220. The highest BCUT2D eigenvalue weighted by Crippen LogP contribution is 2.28. The topological polar surface area (TPSA) is 94.4 Å². The SMILES string of the molecule is COc1ccc(Cl)cc1/C=C/C(=O)Nc1nc(-c2cccc([N+](=O)[O-])c2)cs1. The van der Waals surface area contributed by atoms with E-state index in [1.54, 1.807) is 41.8 Å². The highest BCUT2D eigenvalue weighted by atomic mass is 35.5. The summed E-state index contributed by atoms with van der Waals surface area (Å²) in [5.41, 5.74) is 1.80. The highest BCUT2D eigenvalue weighted by Gasteiger charge is 2.11. The smallest absolute Gasteiger partial charge is 0.270 e. The van der Waals surface area contributed by atoms with E-state index >= 15 is 0 Å². The molecule has 0 saturated carbocycles. The minimum Gasteiger partial charge on any atom is -0.496 e. The van der Waals surface area contributed by atoms with Crippen LogP contribution in [0.4, 0.5) is 10.8 Å². The summed E-state index contributed by atoms with van der Waals surface area (Å²) in [4.78, 5) is 26.9. The van der Waals surface area contributed by atoms with Crippen molar-refractivity contribution >= 4 is 45.7 Å². The van der Waals surface area contributed by atoms with Crippen LogP contribution in [-0.2, 0) is 4.79 Å². The van der Waals surface area contributed by atoms with E-state index in [9.17, 15) is 14.9 Å². The van der Waals surface area contributed by atoms with Crippen LogP contribution >= 0.6 is 22.9 Å². The lowest BCUT2D eigenvalue weighted by molar-refractivity contribution is -0.384. The van der Waals surface area contributed by atoms with Crippen LogP contribution in [0.5, 0.6) is 5.75 Å². The Labute approximate surface area is 169 Å². The minimum atomic E-state index is -0.465. The van der Waals surface area contributed by atoms with E-state index in [0.29, 0.717) is 32.7 Å². The number of nitrogens with zero attached hydrogens (tertiary/aromatic N) is 2. The van der Waals surface area contributed by atoms with Crippen molar-refractivity contribution in [1.82, 2.24) is 4.98 Å². The number of benzene rings is 2. The molecule has 0 aliphatic heterocycles. The number of thiazole rings is 1. The molecule has 0 bridgehead atoms. The van der Waals surface area contributed by atoms with E-state index in [1.165, 1.54) is 36.7 Å². The van der Waals surface area contributed by atoms with Crippen molar-refractivity contribution in [3.05, 3.63) is 74.6 Å². The van der Waals surface area contributed by atoms with Gasteiger partial charge in [-0.05, 0) is 24.3 Å². The van der Waals surface area contributed by atoms with Gasteiger partial charge in [-0.1, -0.05) is 23.7 Å². The van der Waals surface area contributed by atoms with E-state index < -0.39 is 4.92 Å². The van der Waals surface area contributed by atoms with Crippen LogP contribution in [-0.4, -0.2) is 22.9 Å². The fraction of sp³-hybridized carbons (Fsp3) is 0.0526. The van der Waals surface area contributed by atoms with Gasteiger partial charge in [0.15, 0.2) is 5.13 Å². The maximum atomic E-state index is 12.2. The maximum Gasteiger partial charge on any atom is 0.270 e. The van der Waals surface area contributed by atoms with Crippen molar-refractivity contribution in [2.45, 2.75) is 0 Å². The molecule has 0 atom stereocenters. The fourth-order valence-corrected chi connectivity index (χ4v) is 3.29.